The molecule has 0 saturated carbocycles. The van der Waals surface area contributed by atoms with Crippen molar-refractivity contribution in [3.05, 3.63) is 17.5 Å². The normalized spacial score (nSPS) is 10.0. The van der Waals surface area contributed by atoms with Crippen LogP contribution in [-0.4, -0.2) is 24.8 Å². The summed E-state index contributed by atoms with van der Waals surface area (Å²) in [7, 11) is 1.54. The molecule has 0 unspecified atom stereocenters. The van der Waals surface area contributed by atoms with E-state index >= 15 is 0 Å². The SMILES string of the molecule is CCOC(=O)c1cc(COC)no1. The van der Waals surface area contributed by atoms with E-state index in [1.807, 2.05) is 0 Å². The first kappa shape index (κ1) is 9.73. The van der Waals surface area contributed by atoms with E-state index in [4.69, 9.17) is 14.0 Å². The van der Waals surface area contributed by atoms with Gasteiger partial charge in [-0.1, -0.05) is 5.16 Å². The quantitative estimate of drug-likeness (QED) is 0.655. The van der Waals surface area contributed by atoms with Crippen molar-refractivity contribution in [3.8, 4) is 0 Å². The smallest absolute Gasteiger partial charge is 0.377 e. The topological polar surface area (TPSA) is 61.6 Å². The molecular formula is C8H11NO4. The van der Waals surface area contributed by atoms with Gasteiger partial charge in [-0.3, -0.25) is 0 Å². The highest BCUT2D eigenvalue weighted by Crippen LogP contribution is 2.05. The Hall–Kier alpha value is -1.36. The first-order chi connectivity index (χ1) is 6.27. The van der Waals surface area contributed by atoms with Gasteiger partial charge < -0.3 is 14.0 Å². The zero-order valence-electron chi connectivity index (χ0n) is 7.57. The van der Waals surface area contributed by atoms with Crippen molar-refractivity contribution >= 4 is 5.97 Å². The lowest BCUT2D eigenvalue weighted by molar-refractivity contribution is 0.0479. The fourth-order valence-electron chi connectivity index (χ4n) is 0.826. The van der Waals surface area contributed by atoms with Crippen molar-refractivity contribution in [2.75, 3.05) is 13.7 Å². The van der Waals surface area contributed by atoms with Crippen LogP contribution < -0.4 is 0 Å². The molecule has 0 aliphatic rings. The van der Waals surface area contributed by atoms with Crippen molar-refractivity contribution < 1.29 is 18.8 Å². The number of rotatable bonds is 4. The molecule has 0 spiro atoms. The molecule has 1 aromatic heterocycles. The average Bonchev–Trinajstić information content (AvgIpc) is 2.54. The molecule has 0 radical (unpaired) electrons. The zero-order valence-corrected chi connectivity index (χ0v) is 7.57. The van der Waals surface area contributed by atoms with Crippen LogP contribution in [0, 0.1) is 0 Å². The Morgan fingerprint density at radius 2 is 2.46 bits per heavy atom. The van der Waals surface area contributed by atoms with Gasteiger partial charge >= 0.3 is 5.97 Å². The third kappa shape index (κ3) is 2.55. The number of ether oxygens (including phenoxy) is 2. The molecular weight excluding hydrogens is 174 g/mol. The Bertz CT molecular complexity index is 281. The zero-order chi connectivity index (χ0) is 9.68. The summed E-state index contributed by atoms with van der Waals surface area (Å²) in [6.07, 6.45) is 0. The van der Waals surface area contributed by atoms with Crippen molar-refractivity contribution in [2.24, 2.45) is 0 Å². The van der Waals surface area contributed by atoms with Crippen LogP contribution in [0.25, 0.3) is 0 Å². The molecule has 0 bridgehead atoms. The molecule has 72 valence electrons. The summed E-state index contributed by atoms with van der Waals surface area (Å²) in [5, 5.41) is 3.61. The molecule has 0 aromatic carbocycles. The molecule has 0 atom stereocenters. The molecule has 0 aliphatic carbocycles. The van der Waals surface area contributed by atoms with Gasteiger partial charge in [-0.25, -0.2) is 4.79 Å². The van der Waals surface area contributed by atoms with Crippen LogP contribution in [0.4, 0.5) is 0 Å². The van der Waals surface area contributed by atoms with Crippen LogP contribution in [0.5, 0.6) is 0 Å². The Balaban J connectivity index is 2.62. The molecule has 0 N–H and O–H groups in total. The van der Waals surface area contributed by atoms with Gasteiger partial charge in [0.15, 0.2) is 0 Å². The van der Waals surface area contributed by atoms with Crippen molar-refractivity contribution in [1.82, 2.24) is 5.16 Å². The molecule has 0 fully saturated rings. The van der Waals surface area contributed by atoms with Gasteiger partial charge in [0.25, 0.3) is 0 Å². The van der Waals surface area contributed by atoms with Crippen molar-refractivity contribution in [2.45, 2.75) is 13.5 Å². The molecule has 0 saturated heterocycles. The molecule has 1 aromatic rings. The lowest BCUT2D eigenvalue weighted by atomic mass is 10.4. The highest BCUT2D eigenvalue weighted by molar-refractivity contribution is 5.86. The molecule has 5 heteroatoms. The number of methoxy groups -OCH3 is 1. The number of nitrogens with zero attached hydrogens (tertiary/aromatic N) is 1. The molecule has 13 heavy (non-hydrogen) atoms. The number of carbonyl (C=O) groups excluding carboxylic acids is 1. The number of hydrogen-bond donors (Lipinski definition) is 0. The maximum Gasteiger partial charge on any atom is 0.377 e. The van der Waals surface area contributed by atoms with Gasteiger partial charge in [0.1, 0.15) is 5.69 Å². The maximum atomic E-state index is 11.1. The molecule has 1 heterocycles. The van der Waals surface area contributed by atoms with E-state index in [2.05, 4.69) is 5.16 Å². The van der Waals surface area contributed by atoms with Crippen LogP contribution in [0.15, 0.2) is 10.6 Å². The second-order valence-electron chi connectivity index (χ2n) is 2.34. The summed E-state index contributed by atoms with van der Waals surface area (Å²) in [6, 6.07) is 1.50. The minimum atomic E-state index is -0.502. The predicted molar refractivity (Wildman–Crippen MR) is 43.2 cm³/mol. The lowest BCUT2D eigenvalue weighted by Crippen LogP contribution is -2.02. The first-order valence-corrected chi connectivity index (χ1v) is 3.89. The van der Waals surface area contributed by atoms with Gasteiger partial charge in [-0.2, -0.15) is 0 Å². The summed E-state index contributed by atoms with van der Waals surface area (Å²) in [5.41, 5.74) is 0.575. The van der Waals surface area contributed by atoms with E-state index in [0.29, 0.717) is 18.9 Å². The maximum absolute atomic E-state index is 11.1. The third-order valence-corrected chi connectivity index (χ3v) is 1.33. The van der Waals surface area contributed by atoms with Crippen LogP contribution >= 0.6 is 0 Å². The fourth-order valence-corrected chi connectivity index (χ4v) is 0.826. The number of hydrogen-bond acceptors (Lipinski definition) is 5. The summed E-state index contributed by atoms with van der Waals surface area (Å²) < 4.78 is 14.2. The van der Waals surface area contributed by atoms with Crippen LogP contribution in [0.3, 0.4) is 0 Å². The van der Waals surface area contributed by atoms with E-state index in [1.54, 1.807) is 14.0 Å². The first-order valence-electron chi connectivity index (χ1n) is 3.89. The summed E-state index contributed by atoms with van der Waals surface area (Å²) in [4.78, 5) is 11.1. The molecule has 5 nitrogen and oxygen atoms in total. The molecule has 0 aliphatic heterocycles. The van der Waals surface area contributed by atoms with Gasteiger partial charge in [-0.05, 0) is 6.92 Å². The van der Waals surface area contributed by atoms with Gasteiger partial charge in [0, 0.05) is 13.2 Å². The molecule has 0 amide bonds. The Labute approximate surface area is 75.6 Å². The third-order valence-electron chi connectivity index (χ3n) is 1.33. The number of esters is 1. The van der Waals surface area contributed by atoms with Crippen LogP contribution in [0.1, 0.15) is 23.2 Å². The minimum Gasteiger partial charge on any atom is -0.460 e. The number of carbonyl (C=O) groups is 1. The predicted octanol–water partition coefficient (Wildman–Crippen LogP) is 0.998. The van der Waals surface area contributed by atoms with Crippen molar-refractivity contribution in [1.29, 1.82) is 0 Å². The summed E-state index contributed by atoms with van der Waals surface area (Å²) in [5.74, 6) is -0.397. The highest BCUT2D eigenvalue weighted by atomic mass is 16.6. The van der Waals surface area contributed by atoms with E-state index < -0.39 is 5.97 Å². The fraction of sp³-hybridized carbons (Fsp3) is 0.500. The standard InChI is InChI=1S/C8H11NO4/c1-3-12-8(10)7-4-6(5-11-2)9-13-7/h4H,3,5H2,1-2H3. The summed E-state index contributed by atoms with van der Waals surface area (Å²) in [6.45, 7) is 2.37. The van der Waals surface area contributed by atoms with Gasteiger partial charge in [0.05, 0.1) is 13.2 Å². The second-order valence-corrected chi connectivity index (χ2v) is 2.34. The Morgan fingerprint density at radius 1 is 1.69 bits per heavy atom. The van der Waals surface area contributed by atoms with Crippen molar-refractivity contribution in [3.63, 3.8) is 0 Å². The van der Waals surface area contributed by atoms with Gasteiger partial charge in [-0.15, -0.1) is 0 Å². The highest BCUT2D eigenvalue weighted by Gasteiger charge is 2.13. The van der Waals surface area contributed by atoms with E-state index in [-0.39, 0.29) is 5.76 Å². The monoisotopic (exact) mass is 185 g/mol. The van der Waals surface area contributed by atoms with E-state index in [0.717, 1.165) is 0 Å². The minimum absolute atomic E-state index is 0.105. The lowest BCUT2D eigenvalue weighted by Gasteiger charge is -1.94. The Kier molecular flexibility index (Phi) is 3.45. The van der Waals surface area contributed by atoms with E-state index in [1.165, 1.54) is 6.07 Å². The largest absolute Gasteiger partial charge is 0.460 e. The number of aromatic nitrogens is 1. The average molecular weight is 185 g/mol. The summed E-state index contributed by atoms with van der Waals surface area (Å²) >= 11 is 0. The van der Waals surface area contributed by atoms with Gasteiger partial charge in [0.2, 0.25) is 5.76 Å². The van der Waals surface area contributed by atoms with Crippen LogP contribution in [-0.2, 0) is 16.1 Å². The van der Waals surface area contributed by atoms with Crippen LogP contribution in [0.2, 0.25) is 0 Å². The Morgan fingerprint density at radius 3 is 3.08 bits per heavy atom. The second kappa shape index (κ2) is 4.61. The van der Waals surface area contributed by atoms with E-state index in [9.17, 15) is 4.79 Å². The molecule has 1 rings (SSSR count).